The molecular formula is C21H23N3O2. The standard InChI is InChI=1S/C21H23N3O2/c1-2-7-16(8-3-1)20-18-10-4-5-11-19(18)23-21(24-20)22-12-14-25-15-17-9-6-13-26-17/h1-5,7-8,10-11,17H,6,9,12-15H2,(H,22,23,24). The number of fused-ring (bicyclic) bond motifs is 1. The maximum Gasteiger partial charge on any atom is 0.223 e. The van der Waals surface area contributed by atoms with Crippen molar-refractivity contribution in [1.29, 1.82) is 0 Å². The van der Waals surface area contributed by atoms with Gasteiger partial charge in [-0.3, -0.25) is 0 Å². The van der Waals surface area contributed by atoms with Gasteiger partial charge in [0.25, 0.3) is 0 Å². The Morgan fingerprint density at radius 2 is 1.88 bits per heavy atom. The van der Waals surface area contributed by atoms with Crippen molar-refractivity contribution in [3.63, 3.8) is 0 Å². The van der Waals surface area contributed by atoms with Crippen molar-refractivity contribution in [1.82, 2.24) is 9.97 Å². The van der Waals surface area contributed by atoms with Gasteiger partial charge in [0.2, 0.25) is 5.95 Å². The predicted molar refractivity (Wildman–Crippen MR) is 103 cm³/mol. The van der Waals surface area contributed by atoms with Crippen LogP contribution in [0.25, 0.3) is 22.2 Å². The van der Waals surface area contributed by atoms with Crippen LogP contribution in [0.4, 0.5) is 5.95 Å². The average Bonchev–Trinajstić information content (AvgIpc) is 3.21. The number of nitrogens with zero attached hydrogens (tertiary/aromatic N) is 2. The number of aromatic nitrogens is 2. The van der Waals surface area contributed by atoms with E-state index in [1.54, 1.807) is 0 Å². The first-order valence-electron chi connectivity index (χ1n) is 9.15. The van der Waals surface area contributed by atoms with Crippen molar-refractivity contribution in [3.05, 3.63) is 54.6 Å². The molecule has 0 bridgehead atoms. The Balaban J connectivity index is 1.45. The molecule has 1 saturated heterocycles. The number of hydrogen-bond acceptors (Lipinski definition) is 5. The predicted octanol–water partition coefficient (Wildman–Crippen LogP) is 3.90. The molecule has 1 N–H and O–H groups in total. The SMILES string of the molecule is c1ccc(-c2nc(NCCOCC3CCCO3)nc3ccccc23)cc1. The maximum absolute atomic E-state index is 5.70. The molecule has 2 heterocycles. The van der Waals surface area contributed by atoms with Gasteiger partial charge in [0.1, 0.15) is 0 Å². The highest BCUT2D eigenvalue weighted by atomic mass is 16.5. The van der Waals surface area contributed by atoms with E-state index in [1.807, 2.05) is 36.4 Å². The largest absolute Gasteiger partial charge is 0.377 e. The Morgan fingerprint density at radius 1 is 1.04 bits per heavy atom. The summed E-state index contributed by atoms with van der Waals surface area (Å²) in [7, 11) is 0. The third-order valence-electron chi connectivity index (χ3n) is 4.51. The molecule has 0 saturated carbocycles. The van der Waals surface area contributed by atoms with Crippen molar-refractivity contribution >= 4 is 16.9 Å². The second kappa shape index (κ2) is 8.25. The summed E-state index contributed by atoms with van der Waals surface area (Å²) >= 11 is 0. The second-order valence-corrected chi connectivity index (χ2v) is 6.42. The summed E-state index contributed by atoms with van der Waals surface area (Å²) in [5, 5.41) is 4.34. The second-order valence-electron chi connectivity index (χ2n) is 6.42. The molecule has 0 spiro atoms. The fourth-order valence-electron chi connectivity index (χ4n) is 3.20. The van der Waals surface area contributed by atoms with Gasteiger partial charge in [0.05, 0.1) is 30.5 Å². The monoisotopic (exact) mass is 349 g/mol. The van der Waals surface area contributed by atoms with Gasteiger partial charge in [-0.05, 0) is 18.9 Å². The van der Waals surface area contributed by atoms with Gasteiger partial charge in [0, 0.05) is 24.1 Å². The minimum absolute atomic E-state index is 0.261. The number of hydrogen-bond donors (Lipinski definition) is 1. The molecule has 0 amide bonds. The van der Waals surface area contributed by atoms with Gasteiger partial charge in [0.15, 0.2) is 0 Å². The van der Waals surface area contributed by atoms with Crippen LogP contribution < -0.4 is 5.32 Å². The van der Waals surface area contributed by atoms with Crippen LogP contribution in [0, 0.1) is 0 Å². The minimum atomic E-state index is 0.261. The van der Waals surface area contributed by atoms with Gasteiger partial charge >= 0.3 is 0 Å². The summed E-state index contributed by atoms with van der Waals surface area (Å²) in [4.78, 5) is 9.38. The first kappa shape index (κ1) is 16.9. The number of rotatable bonds is 7. The van der Waals surface area contributed by atoms with Crippen LogP contribution in [-0.2, 0) is 9.47 Å². The van der Waals surface area contributed by atoms with Gasteiger partial charge in [-0.25, -0.2) is 9.97 Å². The minimum Gasteiger partial charge on any atom is -0.377 e. The van der Waals surface area contributed by atoms with E-state index in [-0.39, 0.29) is 6.10 Å². The zero-order chi connectivity index (χ0) is 17.6. The van der Waals surface area contributed by atoms with Crippen LogP contribution >= 0.6 is 0 Å². The number of anilines is 1. The zero-order valence-electron chi connectivity index (χ0n) is 14.7. The summed E-state index contributed by atoms with van der Waals surface area (Å²) in [5.41, 5.74) is 2.96. The van der Waals surface area contributed by atoms with Crippen molar-refractivity contribution in [3.8, 4) is 11.3 Å². The van der Waals surface area contributed by atoms with E-state index in [4.69, 9.17) is 14.5 Å². The molecule has 5 nitrogen and oxygen atoms in total. The highest BCUT2D eigenvalue weighted by molar-refractivity contribution is 5.93. The van der Waals surface area contributed by atoms with E-state index in [0.717, 1.165) is 41.6 Å². The maximum atomic E-state index is 5.70. The Morgan fingerprint density at radius 3 is 2.73 bits per heavy atom. The first-order valence-corrected chi connectivity index (χ1v) is 9.15. The average molecular weight is 349 g/mol. The zero-order valence-corrected chi connectivity index (χ0v) is 14.7. The van der Waals surface area contributed by atoms with Crippen molar-refractivity contribution < 1.29 is 9.47 Å². The molecule has 134 valence electrons. The molecule has 1 fully saturated rings. The van der Waals surface area contributed by atoms with E-state index in [0.29, 0.717) is 25.7 Å². The molecule has 4 rings (SSSR count). The topological polar surface area (TPSA) is 56.3 Å². The van der Waals surface area contributed by atoms with Crippen LogP contribution in [0.15, 0.2) is 54.6 Å². The number of ether oxygens (including phenoxy) is 2. The third-order valence-corrected chi connectivity index (χ3v) is 4.51. The lowest BCUT2D eigenvalue weighted by Gasteiger charge is -2.12. The Kier molecular flexibility index (Phi) is 5.38. The lowest BCUT2D eigenvalue weighted by molar-refractivity contribution is 0.0206. The van der Waals surface area contributed by atoms with Crippen molar-refractivity contribution in [2.45, 2.75) is 18.9 Å². The smallest absolute Gasteiger partial charge is 0.223 e. The van der Waals surface area contributed by atoms with Crippen LogP contribution in [0.3, 0.4) is 0 Å². The normalized spacial score (nSPS) is 16.8. The van der Waals surface area contributed by atoms with Crippen LogP contribution in [-0.4, -0.2) is 42.4 Å². The van der Waals surface area contributed by atoms with Gasteiger partial charge in [-0.1, -0.05) is 48.5 Å². The van der Waals surface area contributed by atoms with Crippen LogP contribution in [0.5, 0.6) is 0 Å². The first-order chi connectivity index (χ1) is 12.9. The number of para-hydroxylation sites is 1. The van der Waals surface area contributed by atoms with Crippen LogP contribution in [0.2, 0.25) is 0 Å². The molecule has 2 aromatic carbocycles. The molecule has 26 heavy (non-hydrogen) atoms. The summed E-state index contributed by atoms with van der Waals surface area (Å²) in [6.07, 6.45) is 2.50. The Bertz CT molecular complexity index is 848. The van der Waals surface area contributed by atoms with Crippen LogP contribution in [0.1, 0.15) is 12.8 Å². The van der Waals surface area contributed by atoms with E-state index in [2.05, 4.69) is 28.5 Å². The molecule has 1 atom stereocenters. The fraction of sp³-hybridized carbons (Fsp3) is 0.333. The number of nitrogens with one attached hydrogen (secondary N) is 1. The summed E-state index contributed by atoms with van der Waals surface area (Å²) < 4.78 is 11.3. The van der Waals surface area contributed by atoms with E-state index in [1.165, 1.54) is 0 Å². The summed E-state index contributed by atoms with van der Waals surface area (Å²) in [6.45, 7) is 2.80. The molecule has 3 aromatic rings. The molecule has 5 heteroatoms. The lowest BCUT2D eigenvalue weighted by atomic mass is 10.1. The van der Waals surface area contributed by atoms with E-state index < -0.39 is 0 Å². The van der Waals surface area contributed by atoms with E-state index in [9.17, 15) is 0 Å². The summed E-state index contributed by atoms with van der Waals surface area (Å²) in [6, 6.07) is 18.3. The molecule has 0 radical (unpaired) electrons. The number of benzene rings is 2. The molecule has 1 aliphatic heterocycles. The highest BCUT2D eigenvalue weighted by Crippen LogP contribution is 2.26. The fourth-order valence-corrected chi connectivity index (χ4v) is 3.20. The van der Waals surface area contributed by atoms with Gasteiger partial charge < -0.3 is 14.8 Å². The Hall–Kier alpha value is -2.50. The van der Waals surface area contributed by atoms with Gasteiger partial charge in [-0.2, -0.15) is 0 Å². The molecular weight excluding hydrogens is 326 g/mol. The molecule has 0 aliphatic carbocycles. The Labute approximate surface area is 153 Å². The van der Waals surface area contributed by atoms with Gasteiger partial charge in [-0.15, -0.1) is 0 Å². The quantitative estimate of drug-likeness (QED) is 0.656. The molecule has 1 unspecified atom stereocenters. The highest BCUT2D eigenvalue weighted by Gasteiger charge is 2.15. The van der Waals surface area contributed by atoms with E-state index >= 15 is 0 Å². The lowest BCUT2D eigenvalue weighted by Crippen LogP contribution is -2.18. The molecule has 1 aliphatic rings. The van der Waals surface area contributed by atoms with Crippen molar-refractivity contribution in [2.75, 3.05) is 31.7 Å². The molecule has 1 aromatic heterocycles. The third kappa shape index (κ3) is 4.00. The van der Waals surface area contributed by atoms with Crippen molar-refractivity contribution in [2.24, 2.45) is 0 Å². The summed E-state index contributed by atoms with van der Waals surface area (Å²) in [5.74, 6) is 0.628.